The van der Waals surface area contributed by atoms with E-state index in [9.17, 15) is 4.79 Å². The Morgan fingerprint density at radius 1 is 1.14 bits per heavy atom. The van der Waals surface area contributed by atoms with Gasteiger partial charge in [-0.25, -0.2) is 0 Å². The first-order valence-electron chi connectivity index (χ1n) is 7.94. The number of unbranched alkanes of at least 4 members (excludes halogenated alkanes) is 2. The van der Waals surface area contributed by atoms with Crippen molar-refractivity contribution < 1.29 is 4.79 Å². The van der Waals surface area contributed by atoms with Crippen LogP contribution in [0.15, 0.2) is 24.3 Å². The molecule has 21 heavy (non-hydrogen) atoms. The number of carbonyl (C=O) groups is 1. The van der Waals surface area contributed by atoms with Gasteiger partial charge in [-0.2, -0.15) is 0 Å². The molecule has 118 valence electrons. The van der Waals surface area contributed by atoms with Crippen molar-refractivity contribution in [1.29, 1.82) is 0 Å². The van der Waals surface area contributed by atoms with Crippen LogP contribution < -0.4 is 11.1 Å². The summed E-state index contributed by atoms with van der Waals surface area (Å²) in [7, 11) is 0. The van der Waals surface area contributed by atoms with Gasteiger partial charge in [-0.1, -0.05) is 51.5 Å². The average Bonchev–Trinajstić information content (AvgIpc) is 2.43. The van der Waals surface area contributed by atoms with E-state index in [2.05, 4.69) is 50.4 Å². The zero-order chi connectivity index (χ0) is 15.9. The molecule has 0 saturated heterocycles. The minimum atomic E-state index is 0.0565. The van der Waals surface area contributed by atoms with E-state index in [1.165, 1.54) is 5.56 Å². The fourth-order valence-electron chi connectivity index (χ4n) is 2.28. The highest BCUT2D eigenvalue weighted by molar-refractivity contribution is 5.76. The van der Waals surface area contributed by atoms with Gasteiger partial charge in [0.05, 0.1) is 6.04 Å². The lowest BCUT2D eigenvalue weighted by atomic mass is 9.86. The van der Waals surface area contributed by atoms with Gasteiger partial charge in [0.15, 0.2) is 0 Å². The van der Waals surface area contributed by atoms with Gasteiger partial charge < -0.3 is 11.1 Å². The van der Waals surface area contributed by atoms with Crippen LogP contribution in [0, 0.1) is 0 Å². The van der Waals surface area contributed by atoms with E-state index >= 15 is 0 Å². The number of amides is 1. The molecule has 0 aliphatic rings. The Morgan fingerprint density at radius 2 is 1.76 bits per heavy atom. The molecular weight excluding hydrogens is 260 g/mol. The normalized spacial score (nSPS) is 13.0. The smallest absolute Gasteiger partial charge is 0.220 e. The minimum absolute atomic E-state index is 0.0565. The van der Waals surface area contributed by atoms with Crippen molar-refractivity contribution in [3.63, 3.8) is 0 Å². The van der Waals surface area contributed by atoms with E-state index in [0.717, 1.165) is 24.8 Å². The molecule has 0 spiro atoms. The molecule has 1 aromatic carbocycles. The molecule has 0 radical (unpaired) electrons. The molecule has 0 aromatic heterocycles. The fourth-order valence-corrected chi connectivity index (χ4v) is 2.28. The van der Waals surface area contributed by atoms with Gasteiger partial charge in [-0.3, -0.25) is 4.79 Å². The lowest BCUT2D eigenvalue weighted by Crippen LogP contribution is -2.26. The highest BCUT2D eigenvalue weighted by Gasteiger charge is 2.14. The standard InChI is InChI=1S/C18H30N2O/c1-14(20-17(21)8-6-5-7-13-19)15-9-11-16(12-10-15)18(2,3)4/h9-12,14H,5-8,13,19H2,1-4H3,(H,20,21). The van der Waals surface area contributed by atoms with Crippen LogP contribution in [-0.4, -0.2) is 12.5 Å². The van der Waals surface area contributed by atoms with Crippen molar-refractivity contribution in [1.82, 2.24) is 5.32 Å². The first kappa shape index (κ1) is 17.7. The first-order valence-corrected chi connectivity index (χ1v) is 7.94. The monoisotopic (exact) mass is 290 g/mol. The van der Waals surface area contributed by atoms with Gasteiger partial charge in [-0.05, 0) is 42.9 Å². The van der Waals surface area contributed by atoms with E-state index in [-0.39, 0.29) is 17.4 Å². The van der Waals surface area contributed by atoms with Crippen LogP contribution >= 0.6 is 0 Å². The molecule has 0 aliphatic carbocycles. The second-order valence-corrected chi connectivity index (χ2v) is 6.76. The second-order valence-electron chi connectivity index (χ2n) is 6.76. The van der Waals surface area contributed by atoms with Crippen LogP contribution in [0.3, 0.4) is 0 Å². The molecule has 3 N–H and O–H groups in total. The molecule has 1 atom stereocenters. The second kappa shape index (κ2) is 8.18. The van der Waals surface area contributed by atoms with Gasteiger partial charge in [0.2, 0.25) is 5.91 Å². The summed E-state index contributed by atoms with van der Waals surface area (Å²) in [5, 5.41) is 3.06. The molecule has 0 fully saturated rings. The molecule has 0 heterocycles. The maximum atomic E-state index is 11.9. The maximum Gasteiger partial charge on any atom is 0.220 e. The largest absolute Gasteiger partial charge is 0.350 e. The van der Waals surface area contributed by atoms with E-state index in [4.69, 9.17) is 5.73 Å². The first-order chi connectivity index (χ1) is 9.84. The van der Waals surface area contributed by atoms with E-state index < -0.39 is 0 Å². The van der Waals surface area contributed by atoms with Crippen LogP contribution in [0.1, 0.15) is 70.5 Å². The number of rotatable bonds is 7. The fraction of sp³-hybridized carbons (Fsp3) is 0.611. The third kappa shape index (κ3) is 6.30. The van der Waals surface area contributed by atoms with Crippen LogP contribution in [0.25, 0.3) is 0 Å². The number of nitrogens with one attached hydrogen (secondary N) is 1. The lowest BCUT2D eigenvalue weighted by Gasteiger charge is -2.20. The number of nitrogens with two attached hydrogens (primary N) is 1. The van der Waals surface area contributed by atoms with Crippen LogP contribution in [-0.2, 0) is 10.2 Å². The third-order valence-electron chi connectivity index (χ3n) is 3.76. The van der Waals surface area contributed by atoms with Gasteiger partial charge >= 0.3 is 0 Å². The molecule has 0 bridgehead atoms. The molecule has 0 saturated carbocycles. The Kier molecular flexibility index (Phi) is 6.90. The van der Waals surface area contributed by atoms with E-state index in [0.29, 0.717) is 13.0 Å². The zero-order valence-corrected chi connectivity index (χ0v) is 13.9. The predicted molar refractivity (Wildman–Crippen MR) is 89.2 cm³/mol. The molecule has 1 aromatic rings. The summed E-state index contributed by atoms with van der Waals surface area (Å²) in [6.07, 6.45) is 3.53. The summed E-state index contributed by atoms with van der Waals surface area (Å²) < 4.78 is 0. The highest BCUT2D eigenvalue weighted by Crippen LogP contribution is 2.23. The molecule has 3 heteroatoms. The van der Waals surface area contributed by atoms with Gasteiger partial charge in [0.25, 0.3) is 0 Å². The summed E-state index contributed by atoms with van der Waals surface area (Å²) in [6, 6.07) is 8.58. The van der Waals surface area contributed by atoms with Crippen molar-refractivity contribution >= 4 is 5.91 Å². The van der Waals surface area contributed by atoms with Crippen molar-refractivity contribution in [2.75, 3.05) is 6.54 Å². The summed E-state index contributed by atoms with van der Waals surface area (Å²) in [5.41, 5.74) is 8.07. The van der Waals surface area contributed by atoms with Gasteiger partial charge in [0, 0.05) is 6.42 Å². The topological polar surface area (TPSA) is 55.1 Å². The molecule has 0 aliphatic heterocycles. The third-order valence-corrected chi connectivity index (χ3v) is 3.76. The number of hydrogen-bond acceptors (Lipinski definition) is 2. The highest BCUT2D eigenvalue weighted by atomic mass is 16.1. The van der Waals surface area contributed by atoms with E-state index in [1.807, 2.05) is 6.92 Å². The Hall–Kier alpha value is -1.35. The summed E-state index contributed by atoms with van der Waals surface area (Å²) in [6.45, 7) is 9.35. The van der Waals surface area contributed by atoms with Crippen molar-refractivity contribution in [2.45, 2.75) is 64.8 Å². The minimum Gasteiger partial charge on any atom is -0.350 e. The van der Waals surface area contributed by atoms with Crippen LogP contribution in [0.4, 0.5) is 0 Å². The number of benzene rings is 1. The van der Waals surface area contributed by atoms with E-state index in [1.54, 1.807) is 0 Å². The summed E-state index contributed by atoms with van der Waals surface area (Å²) in [4.78, 5) is 11.9. The Morgan fingerprint density at radius 3 is 2.29 bits per heavy atom. The van der Waals surface area contributed by atoms with Crippen LogP contribution in [0.5, 0.6) is 0 Å². The summed E-state index contributed by atoms with van der Waals surface area (Å²) >= 11 is 0. The lowest BCUT2D eigenvalue weighted by molar-refractivity contribution is -0.121. The SMILES string of the molecule is CC(NC(=O)CCCCCN)c1ccc(C(C)(C)C)cc1. The molecular formula is C18H30N2O. The van der Waals surface area contributed by atoms with Gasteiger partial charge in [-0.15, -0.1) is 0 Å². The Labute approximate surface area is 129 Å². The molecule has 1 amide bonds. The molecule has 1 unspecified atom stereocenters. The Balaban J connectivity index is 2.48. The molecule has 3 nitrogen and oxygen atoms in total. The van der Waals surface area contributed by atoms with Gasteiger partial charge in [0.1, 0.15) is 0 Å². The number of carbonyl (C=O) groups excluding carboxylic acids is 1. The summed E-state index contributed by atoms with van der Waals surface area (Å²) in [5.74, 6) is 0.124. The maximum absolute atomic E-state index is 11.9. The number of hydrogen-bond donors (Lipinski definition) is 2. The van der Waals surface area contributed by atoms with Crippen LogP contribution in [0.2, 0.25) is 0 Å². The van der Waals surface area contributed by atoms with Crippen molar-refractivity contribution in [3.8, 4) is 0 Å². The quantitative estimate of drug-likeness (QED) is 0.753. The van der Waals surface area contributed by atoms with Crippen molar-refractivity contribution in [3.05, 3.63) is 35.4 Å². The zero-order valence-electron chi connectivity index (χ0n) is 13.9. The van der Waals surface area contributed by atoms with Crippen molar-refractivity contribution in [2.24, 2.45) is 5.73 Å². The predicted octanol–water partition coefficient (Wildman–Crippen LogP) is 3.68. The Bertz CT molecular complexity index is 432. The average molecular weight is 290 g/mol. The molecule has 1 rings (SSSR count).